The Morgan fingerprint density at radius 1 is 1.16 bits per heavy atom. The third-order valence-electron chi connectivity index (χ3n) is 3.70. The molecule has 1 aliphatic rings. The molecule has 19 heavy (non-hydrogen) atoms. The van der Waals surface area contributed by atoms with Crippen LogP contribution in [0.3, 0.4) is 0 Å². The van der Waals surface area contributed by atoms with Gasteiger partial charge in [0.25, 0.3) is 0 Å². The average Bonchev–Trinajstić information content (AvgIpc) is 2.93. The van der Waals surface area contributed by atoms with E-state index in [9.17, 15) is 0 Å². The Morgan fingerprint density at radius 3 is 2.74 bits per heavy atom. The maximum Gasteiger partial charge on any atom is 0.146 e. The second-order valence-electron chi connectivity index (χ2n) is 4.99. The van der Waals surface area contributed by atoms with Gasteiger partial charge in [-0.1, -0.05) is 18.2 Å². The summed E-state index contributed by atoms with van der Waals surface area (Å²) >= 11 is 0. The van der Waals surface area contributed by atoms with Gasteiger partial charge in [-0.2, -0.15) is 0 Å². The van der Waals surface area contributed by atoms with Crippen LogP contribution in [0.25, 0.3) is 0 Å². The van der Waals surface area contributed by atoms with Crippen LogP contribution in [0.2, 0.25) is 0 Å². The molecule has 0 aliphatic heterocycles. The molecule has 1 unspecified atom stereocenters. The van der Waals surface area contributed by atoms with E-state index >= 15 is 0 Å². The summed E-state index contributed by atoms with van der Waals surface area (Å²) in [7, 11) is 0. The molecule has 0 saturated carbocycles. The fourth-order valence-corrected chi connectivity index (χ4v) is 2.70. The predicted octanol–water partition coefficient (Wildman–Crippen LogP) is 1.71. The van der Waals surface area contributed by atoms with E-state index in [1.54, 1.807) is 12.4 Å². The van der Waals surface area contributed by atoms with Crippen LogP contribution in [0.1, 0.15) is 35.0 Å². The van der Waals surface area contributed by atoms with Gasteiger partial charge in [0, 0.05) is 12.4 Å². The highest BCUT2D eigenvalue weighted by molar-refractivity contribution is 5.35. The average molecular weight is 254 g/mol. The van der Waals surface area contributed by atoms with Gasteiger partial charge in [0.2, 0.25) is 0 Å². The van der Waals surface area contributed by atoms with Gasteiger partial charge in [0.15, 0.2) is 0 Å². The van der Waals surface area contributed by atoms with E-state index in [-0.39, 0.29) is 6.04 Å². The van der Waals surface area contributed by atoms with Crippen molar-refractivity contribution in [1.29, 1.82) is 0 Å². The zero-order valence-corrected chi connectivity index (χ0v) is 10.8. The molecule has 1 aromatic heterocycles. The number of hydrazine groups is 1. The first-order valence-corrected chi connectivity index (χ1v) is 6.70. The number of aryl methyl sites for hydroxylation is 2. The molecule has 0 saturated heterocycles. The molecule has 4 nitrogen and oxygen atoms in total. The van der Waals surface area contributed by atoms with Gasteiger partial charge in [-0.15, -0.1) is 0 Å². The number of nitrogens with one attached hydrogen (secondary N) is 1. The molecule has 0 bridgehead atoms. The van der Waals surface area contributed by atoms with Crippen LogP contribution >= 0.6 is 0 Å². The van der Waals surface area contributed by atoms with Crippen molar-refractivity contribution in [2.75, 3.05) is 0 Å². The molecular weight excluding hydrogens is 236 g/mol. The lowest BCUT2D eigenvalue weighted by Gasteiger charge is -2.15. The Balaban J connectivity index is 1.80. The van der Waals surface area contributed by atoms with Gasteiger partial charge < -0.3 is 0 Å². The fraction of sp³-hybridized carbons (Fsp3) is 0.333. The third-order valence-corrected chi connectivity index (χ3v) is 3.70. The summed E-state index contributed by atoms with van der Waals surface area (Å²) in [6, 6.07) is 8.51. The zero-order valence-electron chi connectivity index (χ0n) is 10.8. The van der Waals surface area contributed by atoms with Gasteiger partial charge >= 0.3 is 0 Å². The van der Waals surface area contributed by atoms with Crippen molar-refractivity contribution in [3.63, 3.8) is 0 Å². The largest absolute Gasteiger partial charge is 0.271 e. The smallest absolute Gasteiger partial charge is 0.146 e. The highest BCUT2D eigenvalue weighted by atomic mass is 15.2. The van der Waals surface area contributed by atoms with Crippen molar-refractivity contribution in [3.05, 3.63) is 59.2 Å². The molecule has 1 aliphatic carbocycles. The van der Waals surface area contributed by atoms with E-state index in [0.717, 1.165) is 12.2 Å². The standard InChI is InChI=1S/C15H18N4/c16-19-14(15-17-7-2-8-18-15)10-11-5-6-12-3-1-4-13(12)9-11/h2,5-9,14,19H,1,3-4,10,16H2. The molecule has 0 fully saturated rings. The van der Waals surface area contributed by atoms with Crippen molar-refractivity contribution < 1.29 is 0 Å². The maximum absolute atomic E-state index is 5.64. The van der Waals surface area contributed by atoms with Crippen LogP contribution in [0, 0.1) is 0 Å². The molecule has 1 atom stereocenters. The first-order valence-electron chi connectivity index (χ1n) is 6.70. The number of aromatic nitrogens is 2. The summed E-state index contributed by atoms with van der Waals surface area (Å²) in [5, 5.41) is 0. The maximum atomic E-state index is 5.64. The first kappa shape index (κ1) is 12.3. The monoisotopic (exact) mass is 254 g/mol. The number of hydrogen-bond acceptors (Lipinski definition) is 4. The number of fused-ring (bicyclic) bond motifs is 1. The predicted molar refractivity (Wildman–Crippen MR) is 74.3 cm³/mol. The van der Waals surface area contributed by atoms with Gasteiger partial charge in [-0.05, 0) is 48.4 Å². The van der Waals surface area contributed by atoms with Crippen molar-refractivity contribution >= 4 is 0 Å². The second-order valence-corrected chi connectivity index (χ2v) is 4.99. The third kappa shape index (κ3) is 2.64. The van der Waals surface area contributed by atoms with Crippen LogP contribution in [-0.2, 0) is 19.3 Å². The summed E-state index contributed by atoms with van der Waals surface area (Å²) in [4.78, 5) is 8.53. The number of nitrogens with zero attached hydrogens (tertiary/aromatic N) is 2. The van der Waals surface area contributed by atoms with Crippen LogP contribution < -0.4 is 11.3 Å². The quantitative estimate of drug-likeness (QED) is 0.644. The molecule has 0 radical (unpaired) electrons. The Hall–Kier alpha value is -1.78. The molecular formula is C15H18N4. The molecule has 2 aromatic rings. The van der Waals surface area contributed by atoms with Gasteiger partial charge in [-0.25, -0.2) is 15.4 Å². The zero-order chi connectivity index (χ0) is 13.1. The van der Waals surface area contributed by atoms with E-state index in [1.807, 2.05) is 6.07 Å². The van der Waals surface area contributed by atoms with Crippen molar-refractivity contribution in [1.82, 2.24) is 15.4 Å². The number of hydrogen-bond donors (Lipinski definition) is 2. The second kappa shape index (κ2) is 5.47. The molecule has 0 amide bonds. The van der Waals surface area contributed by atoms with Crippen molar-refractivity contribution in [3.8, 4) is 0 Å². The Kier molecular flexibility index (Phi) is 3.53. The highest BCUT2D eigenvalue weighted by Crippen LogP contribution is 2.24. The van der Waals surface area contributed by atoms with E-state index in [4.69, 9.17) is 5.84 Å². The molecule has 4 heteroatoms. The lowest BCUT2D eigenvalue weighted by Crippen LogP contribution is -2.31. The highest BCUT2D eigenvalue weighted by Gasteiger charge is 2.15. The summed E-state index contributed by atoms with van der Waals surface area (Å²) in [6.45, 7) is 0. The van der Waals surface area contributed by atoms with Gasteiger partial charge in [0.1, 0.15) is 5.82 Å². The number of benzene rings is 1. The fourth-order valence-electron chi connectivity index (χ4n) is 2.70. The van der Waals surface area contributed by atoms with Gasteiger partial charge in [0.05, 0.1) is 6.04 Å². The molecule has 3 rings (SSSR count). The van der Waals surface area contributed by atoms with Crippen molar-refractivity contribution in [2.45, 2.75) is 31.7 Å². The van der Waals surface area contributed by atoms with Crippen LogP contribution in [0.5, 0.6) is 0 Å². The molecule has 1 heterocycles. The Labute approximate surface area is 113 Å². The van der Waals surface area contributed by atoms with E-state index < -0.39 is 0 Å². The molecule has 98 valence electrons. The SMILES string of the molecule is NNC(Cc1ccc2c(c1)CCC2)c1ncccn1. The lowest BCUT2D eigenvalue weighted by atomic mass is 10.0. The summed E-state index contributed by atoms with van der Waals surface area (Å²) in [5.74, 6) is 6.38. The number of nitrogens with two attached hydrogens (primary N) is 1. The van der Waals surface area contributed by atoms with E-state index in [0.29, 0.717) is 0 Å². The minimum atomic E-state index is -0.0411. The Bertz CT molecular complexity index is 553. The van der Waals surface area contributed by atoms with Crippen LogP contribution in [0.15, 0.2) is 36.7 Å². The lowest BCUT2D eigenvalue weighted by molar-refractivity contribution is 0.522. The van der Waals surface area contributed by atoms with E-state index in [1.165, 1.54) is 36.0 Å². The molecule has 3 N–H and O–H groups in total. The first-order chi connectivity index (χ1) is 9.36. The Morgan fingerprint density at radius 2 is 1.95 bits per heavy atom. The number of rotatable bonds is 4. The van der Waals surface area contributed by atoms with E-state index in [2.05, 4.69) is 33.6 Å². The summed E-state index contributed by atoms with van der Waals surface area (Å²) < 4.78 is 0. The summed E-state index contributed by atoms with van der Waals surface area (Å²) in [5.41, 5.74) is 7.08. The summed E-state index contributed by atoms with van der Waals surface area (Å²) in [6.07, 6.45) is 8.00. The van der Waals surface area contributed by atoms with Crippen molar-refractivity contribution in [2.24, 2.45) is 5.84 Å². The minimum absolute atomic E-state index is 0.0411. The molecule has 0 spiro atoms. The van der Waals surface area contributed by atoms with Crippen LogP contribution in [-0.4, -0.2) is 9.97 Å². The normalized spacial score (nSPS) is 15.2. The molecule has 1 aromatic carbocycles. The minimum Gasteiger partial charge on any atom is -0.271 e. The topological polar surface area (TPSA) is 63.8 Å². The van der Waals surface area contributed by atoms with Crippen LogP contribution in [0.4, 0.5) is 0 Å². The van der Waals surface area contributed by atoms with Gasteiger partial charge in [-0.3, -0.25) is 5.84 Å².